The van der Waals surface area contributed by atoms with E-state index in [1.54, 1.807) is 0 Å². The standard InChI is InChI=1S/C25H31N5O3S/c1-3-17(2)23(25(32)26-18-8-6-9-19(16-18)30-13-4-5-14-30)27-21(31)11-12-22-28-24(29-33-22)20-10-7-15-34-20/h6-10,15-17,23H,3-5,11-14H2,1-2H3,(H,26,32)(H,27,31)/t17-,23-/m1/s1. The molecule has 2 aromatic heterocycles. The number of carbonyl (C=O) groups excluding carboxylic acids is 2. The molecule has 9 heteroatoms. The fourth-order valence-corrected chi connectivity index (χ4v) is 4.66. The lowest BCUT2D eigenvalue weighted by atomic mass is 9.98. The van der Waals surface area contributed by atoms with Gasteiger partial charge < -0.3 is 20.1 Å². The number of hydrogen-bond donors (Lipinski definition) is 2. The molecule has 34 heavy (non-hydrogen) atoms. The predicted octanol–water partition coefficient (Wildman–Crippen LogP) is 4.50. The highest BCUT2D eigenvalue weighted by atomic mass is 32.1. The van der Waals surface area contributed by atoms with Gasteiger partial charge in [-0.15, -0.1) is 11.3 Å². The highest BCUT2D eigenvalue weighted by Gasteiger charge is 2.26. The number of nitrogens with zero attached hydrogens (tertiary/aromatic N) is 3. The maximum absolute atomic E-state index is 13.1. The van der Waals surface area contributed by atoms with Crippen molar-refractivity contribution in [2.75, 3.05) is 23.3 Å². The lowest BCUT2D eigenvalue weighted by Crippen LogP contribution is -2.47. The van der Waals surface area contributed by atoms with Crippen LogP contribution in [0.4, 0.5) is 11.4 Å². The Morgan fingerprint density at radius 3 is 2.76 bits per heavy atom. The van der Waals surface area contributed by atoms with E-state index in [1.165, 1.54) is 24.2 Å². The number of nitrogens with one attached hydrogen (secondary N) is 2. The summed E-state index contributed by atoms with van der Waals surface area (Å²) in [6.45, 7) is 6.06. The third kappa shape index (κ3) is 6.02. The van der Waals surface area contributed by atoms with Crippen molar-refractivity contribution in [3.8, 4) is 10.7 Å². The van der Waals surface area contributed by atoms with Gasteiger partial charge in [-0.1, -0.05) is 37.6 Å². The van der Waals surface area contributed by atoms with Crippen molar-refractivity contribution in [2.45, 2.75) is 52.0 Å². The molecule has 0 spiro atoms. The van der Waals surface area contributed by atoms with Crippen LogP contribution in [0.25, 0.3) is 10.7 Å². The second-order valence-electron chi connectivity index (χ2n) is 8.65. The Morgan fingerprint density at radius 2 is 2.03 bits per heavy atom. The van der Waals surface area contributed by atoms with E-state index in [0.29, 0.717) is 18.1 Å². The van der Waals surface area contributed by atoms with Crippen LogP contribution in [0.2, 0.25) is 0 Å². The van der Waals surface area contributed by atoms with Crippen LogP contribution in [0, 0.1) is 5.92 Å². The topological polar surface area (TPSA) is 100 Å². The lowest BCUT2D eigenvalue weighted by Gasteiger charge is -2.24. The van der Waals surface area contributed by atoms with Crippen LogP contribution < -0.4 is 15.5 Å². The average Bonchev–Trinajstić information content (AvgIpc) is 3.63. The monoisotopic (exact) mass is 481 g/mol. The van der Waals surface area contributed by atoms with E-state index in [9.17, 15) is 9.59 Å². The smallest absolute Gasteiger partial charge is 0.247 e. The first-order valence-corrected chi connectivity index (χ1v) is 12.7. The summed E-state index contributed by atoms with van der Waals surface area (Å²) >= 11 is 1.53. The third-order valence-electron chi connectivity index (χ3n) is 6.17. The van der Waals surface area contributed by atoms with Gasteiger partial charge in [0.1, 0.15) is 6.04 Å². The molecule has 3 aromatic rings. The zero-order valence-electron chi connectivity index (χ0n) is 19.6. The van der Waals surface area contributed by atoms with Crippen LogP contribution in [0.5, 0.6) is 0 Å². The Balaban J connectivity index is 1.34. The summed E-state index contributed by atoms with van der Waals surface area (Å²) in [7, 11) is 0. The summed E-state index contributed by atoms with van der Waals surface area (Å²) in [6, 6.07) is 11.1. The van der Waals surface area contributed by atoms with E-state index in [2.05, 4.69) is 31.7 Å². The van der Waals surface area contributed by atoms with Crippen LogP contribution >= 0.6 is 11.3 Å². The Bertz CT molecular complexity index is 1090. The first kappa shape index (κ1) is 23.9. The molecule has 2 amide bonds. The van der Waals surface area contributed by atoms with Crippen molar-refractivity contribution in [1.82, 2.24) is 15.5 Å². The number of amides is 2. The second kappa shape index (κ2) is 11.3. The van der Waals surface area contributed by atoms with E-state index >= 15 is 0 Å². The number of benzene rings is 1. The van der Waals surface area contributed by atoms with Crippen molar-refractivity contribution in [3.05, 3.63) is 47.7 Å². The van der Waals surface area contributed by atoms with Gasteiger partial charge in [-0.05, 0) is 48.4 Å². The second-order valence-corrected chi connectivity index (χ2v) is 9.60. The van der Waals surface area contributed by atoms with Crippen molar-refractivity contribution >= 4 is 34.5 Å². The van der Waals surface area contributed by atoms with Gasteiger partial charge in [0.05, 0.1) is 4.88 Å². The fourth-order valence-electron chi connectivity index (χ4n) is 4.01. The molecule has 0 unspecified atom stereocenters. The first-order valence-electron chi connectivity index (χ1n) is 11.8. The third-order valence-corrected chi connectivity index (χ3v) is 7.04. The number of thiophene rings is 1. The van der Waals surface area contributed by atoms with Gasteiger partial charge in [-0.3, -0.25) is 9.59 Å². The zero-order chi connectivity index (χ0) is 23.9. The maximum atomic E-state index is 13.1. The van der Waals surface area contributed by atoms with Crippen LogP contribution in [-0.2, 0) is 16.0 Å². The summed E-state index contributed by atoms with van der Waals surface area (Å²) in [4.78, 5) is 33.4. The zero-order valence-corrected chi connectivity index (χ0v) is 20.4. The highest BCUT2D eigenvalue weighted by Crippen LogP contribution is 2.24. The van der Waals surface area contributed by atoms with Gasteiger partial charge in [-0.25, -0.2) is 0 Å². The molecule has 0 aliphatic carbocycles. The van der Waals surface area contributed by atoms with Crippen LogP contribution in [0.15, 0.2) is 46.3 Å². The molecule has 2 atom stereocenters. The fraction of sp³-hybridized carbons (Fsp3) is 0.440. The summed E-state index contributed by atoms with van der Waals surface area (Å²) < 4.78 is 5.27. The molecule has 8 nitrogen and oxygen atoms in total. The van der Waals surface area contributed by atoms with Gasteiger partial charge in [0.2, 0.25) is 23.5 Å². The molecule has 1 fully saturated rings. The molecular formula is C25H31N5O3S. The number of aromatic nitrogens is 2. The molecule has 1 saturated heterocycles. The molecule has 2 N–H and O–H groups in total. The molecule has 1 aromatic carbocycles. The molecule has 1 aliphatic rings. The Kier molecular flexibility index (Phi) is 7.95. The van der Waals surface area contributed by atoms with Crippen LogP contribution in [0.1, 0.15) is 45.4 Å². The van der Waals surface area contributed by atoms with Crippen LogP contribution in [0.3, 0.4) is 0 Å². The van der Waals surface area contributed by atoms with E-state index in [0.717, 1.165) is 35.8 Å². The number of anilines is 2. The Morgan fingerprint density at radius 1 is 1.21 bits per heavy atom. The van der Waals surface area contributed by atoms with Crippen molar-refractivity contribution in [3.63, 3.8) is 0 Å². The van der Waals surface area contributed by atoms with E-state index < -0.39 is 6.04 Å². The van der Waals surface area contributed by atoms with Gasteiger partial charge >= 0.3 is 0 Å². The van der Waals surface area contributed by atoms with Gasteiger partial charge in [0.25, 0.3) is 0 Å². The van der Waals surface area contributed by atoms with E-state index in [4.69, 9.17) is 4.52 Å². The van der Waals surface area contributed by atoms with Gasteiger partial charge in [0.15, 0.2) is 0 Å². The largest absolute Gasteiger partial charge is 0.371 e. The van der Waals surface area contributed by atoms with Crippen molar-refractivity contribution in [2.24, 2.45) is 5.92 Å². The van der Waals surface area contributed by atoms with E-state index in [-0.39, 0.29) is 24.2 Å². The minimum Gasteiger partial charge on any atom is -0.371 e. The van der Waals surface area contributed by atoms with Crippen LogP contribution in [-0.4, -0.2) is 41.1 Å². The summed E-state index contributed by atoms with van der Waals surface area (Å²) in [6.07, 6.45) is 3.63. The Hall–Kier alpha value is -3.20. The molecular weight excluding hydrogens is 450 g/mol. The molecule has 4 rings (SSSR count). The lowest BCUT2D eigenvalue weighted by molar-refractivity contribution is -0.127. The number of aryl methyl sites for hydroxylation is 1. The SMILES string of the molecule is CC[C@@H](C)[C@@H](NC(=O)CCc1nc(-c2cccs2)no1)C(=O)Nc1cccc(N2CCCC2)c1. The van der Waals surface area contributed by atoms with Crippen molar-refractivity contribution < 1.29 is 14.1 Å². The van der Waals surface area contributed by atoms with Gasteiger partial charge in [0, 0.05) is 37.3 Å². The number of rotatable bonds is 10. The summed E-state index contributed by atoms with van der Waals surface area (Å²) in [5.41, 5.74) is 1.85. The average molecular weight is 482 g/mol. The molecule has 0 radical (unpaired) electrons. The van der Waals surface area contributed by atoms with E-state index in [1.807, 2.05) is 49.6 Å². The maximum Gasteiger partial charge on any atom is 0.247 e. The van der Waals surface area contributed by atoms with Crippen molar-refractivity contribution in [1.29, 1.82) is 0 Å². The normalized spacial score (nSPS) is 15.2. The summed E-state index contributed by atoms with van der Waals surface area (Å²) in [5, 5.41) is 11.8. The number of hydrogen-bond acceptors (Lipinski definition) is 7. The molecule has 0 saturated carbocycles. The predicted molar refractivity (Wildman–Crippen MR) is 134 cm³/mol. The minimum atomic E-state index is -0.627. The molecule has 1 aliphatic heterocycles. The molecule has 180 valence electrons. The van der Waals surface area contributed by atoms with Gasteiger partial charge in [-0.2, -0.15) is 4.98 Å². The number of carbonyl (C=O) groups is 2. The summed E-state index contributed by atoms with van der Waals surface area (Å²) in [5.74, 6) is 0.487. The quantitative estimate of drug-likeness (QED) is 0.442. The molecule has 3 heterocycles. The minimum absolute atomic E-state index is 0.0143. The highest BCUT2D eigenvalue weighted by molar-refractivity contribution is 7.13. The molecule has 0 bridgehead atoms. The first-order chi connectivity index (χ1) is 16.5. The Labute approximate surface area is 203 Å².